The molecule has 112 valence electrons. The molecular formula is C14H23N3O3. The first-order valence-corrected chi connectivity index (χ1v) is 7.49. The highest BCUT2D eigenvalue weighted by Gasteiger charge is 2.39. The predicted molar refractivity (Wildman–Crippen MR) is 72.3 cm³/mol. The van der Waals surface area contributed by atoms with Crippen molar-refractivity contribution in [2.24, 2.45) is 5.92 Å². The van der Waals surface area contributed by atoms with Gasteiger partial charge in [0.05, 0.1) is 0 Å². The summed E-state index contributed by atoms with van der Waals surface area (Å²) in [6.45, 7) is 3.54. The van der Waals surface area contributed by atoms with Crippen LogP contribution in [-0.2, 0) is 21.5 Å². The fraction of sp³-hybridized carbons (Fsp3) is 0.857. The Morgan fingerprint density at radius 3 is 2.95 bits per heavy atom. The van der Waals surface area contributed by atoms with Crippen LogP contribution in [-0.4, -0.2) is 43.6 Å². The first kappa shape index (κ1) is 14.0. The summed E-state index contributed by atoms with van der Waals surface area (Å²) in [5.74, 6) is 2.02. The van der Waals surface area contributed by atoms with Crippen molar-refractivity contribution in [2.75, 3.05) is 33.4 Å². The molecule has 0 aliphatic carbocycles. The van der Waals surface area contributed by atoms with Gasteiger partial charge in [0.1, 0.15) is 5.60 Å². The highest BCUT2D eigenvalue weighted by Crippen LogP contribution is 2.33. The molecule has 3 heterocycles. The molecule has 2 aliphatic rings. The summed E-state index contributed by atoms with van der Waals surface area (Å²) < 4.78 is 16.5. The van der Waals surface area contributed by atoms with Crippen LogP contribution in [0, 0.1) is 5.92 Å². The van der Waals surface area contributed by atoms with Gasteiger partial charge in [-0.15, -0.1) is 0 Å². The average molecular weight is 281 g/mol. The van der Waals surface area contributed by atoms with Gasteiger partial charge in [0.15, 0.2) is 0 Å². The van der Waals surface area contributed by atoms with Gasteiger partial charge >= 0.3 is 0 Å². The Hall–Kier alpha value is -0.980. The summed E-state index contributed by atoms with van der Waals surface area (Å²) in [5.41, 5.74) is -0.426. The summed E-state index contributed by atoms with van der Waals surface area (Å²) in [5, 5.41) is 7.57. The molecule has 1 unspecified atom stereocenters. The number of hydrogen-bond donors (Lipinski definition) is 1. The molecule has 2 saturated heterocycles. The Kier molecular flexibility index (Phi) is 4.33. The Bertz CT molecular complexity index is 423. The van der Waals surface area contributed by atoms with Crippen LogP contribution >= 0.6 is 0 Å². The van der Waals surface area contributed by atoms with E-state index in [1.165, 1.54) is 12.8 Å². The summed E-state index contributed by atoms with van der Waals surface area (Å²) in [4.78, 5) is 4.58. The smallest absolute Gasteiger partial charge is 0.227 e. The molecule has 1 aromatic rings. The molecule has 0 radical (unpaired) electrons. The lowest BCUT2D eigenvalue weighted by Gasteiger charge is -2.32. The SMILES string of the molecule is COC1(c2noc(CC3CCCNC3)n2)CCOCC1. The summed E-state index contributed by atoms with van der Waals surface area (Å²) in [6, 6.07) is 0. The van der Waals surface area contributed by atoms with Gasteiger partial charge in [-0.1, -0.05) is 5.16 Å². The quantitative estimate of drug-likeness (QED) is 0.896. The summed E-state index contributed by atoms with van der Waals surface area (Å²) in [6.07, 6.45) is 4.89. The standard InChI is InChI=1S/C14H23N3O3/c1-18-14(4-7-19-8-5-14)13-16-12(20-17-13)9-11-3-2-6-15-10-11/h11,15H,2-10H2,1H3. The zero-order chi connectivity index (χ0) is 13.8. The van der Waals surface area contributed by atoms with Crippen molar-refractivity contribution >= 4 is 0 Å². The lowest BCUT2D eigenvalue weighted by atomic mass is 9.93. The molecule has 2 fully saturated rings. The van der Waals surface area contributed by atoms with E-state index in [1.54, 1.807) is 7.11 Å². The number of hydrogen-bond acceptors (Lipinski definition) is 6. The van der Waals surface area contributed by atoms with Crippen LogP contribution in [0.5, 0.6) is 0 Å². The molecule has 6 heteroatoms. The largest absolute Gasteiger partial charge is 0.381 e. The molecule has 1 N–H and O–H groups in total. The highest BCUT2D eigenvalue weighted by molar-refractivity contribution is 5.03. The van der Waals surface area contributed by atoms with E-state index in [9.17, 15) is 0 Å². The second-order valence-electron chi connectivity index (χ2n) is 5.74. The van der Waals surface area contributed by atoms with Crippen LogP contribution in [0.1, 0.15) is 37.4 Å². The van der Waals surface area contributed by atoms with Crippen LogP contribution in [0.3, 0.4) is 0 Å². The van der Waals surface area contributed by atoms with Crippen LogP contribution < -0.4 is 5.32 Å². The molecule has 0 spiro atoms. The fourth-order valence-electron chi connectivity index (χ4n) is 3.09. The molecule has 0 amide bonds. The Morgan fingerprint density at radius 1 is 1.40 bits per heavy atom. The Balaban J connectivity index is 1.68. The van der Waals surface area contributed by atoms with Crippen molar-refractivity contribution in [3.05, 3.63) is 11.7 Å². The third kappa shape index (κ3) is 2.87. The van der Waals surface area contributed by atoms with E-state index in [2.05, 4.69) is 15.5 Å². The third-order valence-corrected chi connectivity index (χ3v) is 4.43. The van der Waals surface area contributed by atoms with E-state index in [1.807, 2.05) is 0 Å². The Morgan fingerprint density at radius 2 is 2.25 bits per heavy atom. The predicted octanol–water partition coefficient (Wildman–Crippen LogP) is 1.26. The molecule has 20 heavy (non-hydrogen) atoms. The molecule has 0 aromatic carbocycles. The van der Waals surface area contributed by atoms with Crippen LogP contribution in [0.15, 0.2) is 4.52 Å². The van der Waals surface area contributed by atoms with E-state index in [-0.39, 0.29) is 0 Å². The van der Waals surface area contributed by atoms with E-state index in [0.29, 0.717) is 25.0 Å². The van der Waals surface area contributed by atoms with E-state index >= 15 is 0 Å². The fourth-order valence-corrected chi connectivity index (χ4v) is 3.09. The lowest BCUT2D eigenvalue weighted by molar-refractivity contribution is -0.101. The molecule has 0 bridgehead atoms. The number of aromatic nitrogens is 2. The van der Waals surface area contributed by atoms with Gasteiger partial charge in [0.25, 0.3) is 0 Å². The van der Waals surface area contributed by atoms with Crippen LogP contribution in [0.25, 0.3) is 0 Å². The number of piperidine rings is 1. The zero-order valence-electron chi connectivity index (χ0n) is 12.1. The first-order chi connectivity index (χ1) is 9.82. The maximum atomic E-state index is 5.69. The zero-order valence-corrected chi connectivity index (χ0v) is 12.1. The molecule has 0 saturated carbocycles. The van der Waals surface area contributed by atoms with Crippen molar-refractivity contribution in [1.29, 1.82) is 0 Å². The molecule has 3 rings (SSSR count). The molecule has 2 aliphatic heterocycles. The van der Waals surface area contributed by atoms with Crippen molar-refractivity contribution in [3.63, 3.8) is 0 Å². The van der Waals surface area contributed by atoms with Gasteiger partial charge in [-0.3, -0.25) is 0 Å². The minimum absolute atomic E-state index is 0.426. The molecule has 1 atom stereocenters. The topological polar surface area (TPSA) is 69.4 Å². The van der Waals surface area contributed by atoms with Gasteiger partial charge < -0.3 is 19.3 Å². The van der Waals surface area contributed by atoms with Crippen molar-refractivity contribution in [2.45, 2.75) is 37.7 Å². The maximum absolute atomic E-state index is 5.69. The van der Waals surface area contributed by atoms with Gasteiger partial charge in [-0.2, -0.15) is 4.98 Å². The minimum atomic E-state index is -0.426. The monoisotopic (exact) mass is 281 g/mol. The van der Waals surface area contributed by atoms with Gasteiger partial charge in [0, 0.05) is 39.6 Å². The second kappa shape index (κ2) is 6.20. The first-order valence-electron chi connectivity index (χ1n) is 7.49. The van der Waals surface area contributed by atoms with Gasteiger partial charge in [-0.25, -0.2) is 0 Å². The van der Waals surface area contributed by atoms with Gasteiger partial charge in [0.2, 0.25) is 11.7 Å². The van der Waals surface area contributed by atoms with Crippen molar-refractivity contribution in [1.82, 2.24) is 15.5 Å². The summed E-state index contributed by atoms with van der Waals surface area (Å²) >= 11 is 0. The van der Waals surface area contributed by atoms with Crippen LogP contribution in [0.4, 0.5) is 0 Å². The van der Waals surface area contributed by atoms with E-state index in [4.69, 9.17) is 14.0 Å². The number of nitrogens with zero attached hydrogens (tertiary/aromatic N) is 2. The third-order valence-electron chi connectivity index (χ3n) is 4.43. The molecular weight excluding hydrogens is 258 g/mol. The van der Waals surface area contributed by atoms with Gasteiger partial charge in [-0.05, 0) is 31.8 Å². The number of methoxy groups -OCH3 is 1. The number of nitrogens with one attached hydrogen (secondary N) is 1. The minimum Gasteiger partial charge on any atom is -0.381 e. The highest BCUT2D eigenvalue weighted by atomic mass is 16.5. The average Bonchev–Trinajstić information content (AvgIpc) is 2.98. The second-order valence-corrected chi connectivity index (χ2v) is 5.74. The number of ether oxygens (including phenoxy) is 2. The lowest BCUT2D eigenvalue weighted by Crippen LogP contribution is -2.36. The van der Waals surface area contributed by atoms with E-state index < -0.39 is 5.60 Å². The maximum Gasteiger partial charge on any atom is 0.227 e. The van der Waals surface area contributed by atoms with Crippen molar-refractivity contribution in [3.8, 4) is 0 Å². The van der Waals surface area contributed by atoms with Crippen LogP contribution in [0.2, 0.25) is 0 Å². The normalized spacial score (nSPS) is 26.6. The molecule has 6 nitrogen and oxygen atoms in total. The van der Waals surface area contributed by atoms with E-state index in [0.717, 1.165) is 38.2 Å². The summed E-state index contributed by atoms with van der Waals surface area (Å²) in [7, 11) is 1.71. The van der Waals surface area contributed by atoms with Crippen molar-refractivity contribution < 1.29 is 14.0 Å². The molecule has 1 aromatic heterocycles. The number of rotatable bonds is 4. The Labute approximate surface area is 119 Å².